The zero-order valence-corrected chi connectivity index (χ0v) is 14.1. The molecule has 0 atom stereocenters. The van der Waals surface area contributed by atoms with Crippen LogP contribution in [0, 0.1) is 0 Å². The topological polar surface area (TPSA) is 102 Å². The molecule has 1 aromatic rings. The number of amides is 1. The molecule has 1 aromatic heterocycles. The monoisotopic (exact) mass is 366 g/mol. The van der Waals surface area contributed by atoms with Crippen LogP contribution in [0.2, 0.25) is 0 Å². The molecule has 1 rings (SSSR count). The van der Waals surface area contributed by atoms with Crippen LogP contribution in [0.1, 0.15) is 50.6 Å². The highest BCUT2D eigenvalue weighted by atomic mass is 79.9. The van der Waals surface area contributed by atoms with E-state index in [1.165, 1.54) is 0 Å². The number of carbonyl (C=O) groups excluding carboxylic acids is 1. The van der Waals surface area contributed by atoms with Gasteiger partial charge in [0.05, 0.1) is 0 Å². The van der Waals surface area contributed by atoms with Gasteiger partial charge in [-0.15, -0.1) is 0 Å². The van der Waals surface area contributed by atoms with Crippen LogP contribution in [0.15, 0.2) is 20.0 Å². The van der Waals surface area contributed by atoms with Crippen molar-refractivity contribution >= 4 is 31.9 Å². The minimum absolute atomic E-state index is 0.0692. The summed E-state index contributed by atoms with van der Waals surface area (Å²) in [4.78, 5) is 11.9. The first kappa shape index (κ1) is 17.2. The first-order valence-corrected chi connectivity index (χ1v) is 8.67. The lowest BCUT2D eigenvalue weighted by Gasteiger charge is -2.31. The highest BCUT2D eigenvalue weighted by molar-refractivity contribution is 9.10. The summed E-state index contributed by atoms with van der Waals surface area (Å²) < 4.78 is 27.7. The Morgan fingerprint density at radius 1 is 1.35 bits per heavy atom. The number of furan rings is 1. The molecule has 0 aliphatic carbocycles. The number of hydrogen-bond acceptors (Lipinski definition) is 4. The van der Waals surface area contributed by atoms with Crippen LogP contribution in [0.25, 0.3) is 0 Å². The SMILES string of the molecule is CCC(CC)(CC)NC(=O)c1cc(S(N)(=O)=O)c(Br)o1. The second-order valence-corrected chi connectivity index (χ2v) is 6.84. The Morgan fingerprint density at radius 2 is 1.85 bits per heavy atom. The van der Waals surface area contributed by atoms with E-state index in [-0.39, 0.29) is 20.9 Å². The molecule has 0 saturated heterocycles. The predicted molar refractivity (Wildman–Crippen MR) is 78.9 cm³/mol. The average Bonchev–Trinajstić information content (AvgIpc) is 2.78. The molecule has 0 aromatic carbocycles. The summed E-state index contributed by atoms with van der Waals surface area (Å²) in [5, 5.41) is 7.93. The predicted octanol–water partition coefficient (Wildman–Crippen LogP) is 2.39. The van der Waals surface area contributed by atoms with Crippen molar-refractivity contribution in [1.82, 2.24) is 5.32 Å². The Hall–Kier alpha value is -0.860. The lowest BCUT2D eigenvalue weighted by atomic mass is 9.90. The van der Waals surface area contributed by atoms with E-state index < -0.39 is 15.9 Å². The zero-order chi connectivity index (χ0) is 15.6. The molecule has 0 bridgehead atoms. The van der Waals surface area contributed by atoms with Crippen molar-refractivity contribution < 1.29 is 17.6 Å². The summed E-state index contributed by atoms with van der Waals surface area (Å²) in [5.74, 6) is -0.535. The molecule has 0 aliphatic heterocycles. The number of nitrogens with two attached hydrogens (primary N) is 1. The number of rotatable bonds is 6. The van der Waals surface area contributed by atoms with Crippen LogP contribution < -0.4 is 10.5 Å². The molecule has 6 nitrogen and oxygen atoms in total. The van der Waals surface area contributed by atoms with E-state index in [2.05, 4.69) is 21.2 Å². The molecule has 1 heterocycles. The van der Waals surface area contributed by atoms with E-state index in [1.54, 1.807) is 0 Å². The van der Waals surface area contributed by atoms with Crippen molar-refractivity contribution in [3.05, 3.63) is 16.5 Å². The minimum atomic E-state index is -3.93. The highest BCUT2D eigenvalue weighted by Crippen LogP contribution is 2.26. The molecule has 1 amide bonds. The van der Waals surface area contributed by atoms with E-state index in [9.17, 15) is 13.2 Å². The Kier molecular flexibility index (Phi) is 5.39. The van der Waals surface area contributed by atoms with Crippen molar-refractivity contribution in [3.63, 3.8) is 0 Å². The molecule has 0 unspecified atom stereocenters. The Labute approximate surface area is 127 Å². The number of halogens is 1. The summed E-state index contributed by atoms with van der Waals surface area (Å²) in [6.07, 6.45) is 2.32. The van der Waals surface area contributed by atoms with Gasteiger partial charge >= 0.3 is 0 Å². The molecule has 0 spiro atoms. The quantitative estimate of drug-likeness (QED) is 0.806. The van der Waals surface area contributed by atoms with E-state index >= 15 is 0 Å². The third-order valence-corrected chi connectivity index (χ3v) is 5.36. The standard InChI is InChI=1S/C12H19BrN2O4S/c1-4-12(5-2,6-3)15-11(16)8-7-9(10(13)19-8)20(14,17)18/h7H,4-6H2,1-3H3,(H,15,16)(H2,14,17,18). The van der Waals surface area contributed by atoms with Crippen LogP contribution in [0.5, 0.6) is 0 Å². The smallest absolute Gasteiger partial charge is 0.287 e. The van der Waals surface area contributed by atoms with Crippen LogP contribution >= 0.6 is 15.9 Å². The van der Waals surface area contributed by atoms with Gasteiger partial charge in [0.15, 0.2) is 10.4 Å². The fourth-order valence-electron chi connectivity index (χ4n) is 1.98. The van der Waals surface area contributed by atoms with Gasteiger partial charge in [0.25, 0.3) is 5.91 Å². The normalized spacial score (nSPS) is 12.4. The van der Waals surface area contributed by atoms with Crippen molar-refractivity contribution in [2.45, 2.75) is 50.5 Å². The van der Waals surface area contributed by atoms with Gasteiger partial charge in [0.2, 0.25) is 10.0 Å². The van der Waals surface area contributed by atoms with Crippen LogP contribution in [0.4, 0.5) is 0 Å². The third kappa shape index (κ3) is 3.62. The molecule has 0 radical (unpaired) electrons. The van der Waals surface area contributed by atoms with Gasteiger partial charge in [0, 0.05) is 11.6 Å². The number of nitrogens with one attached hydrogen (secondary N) is 1. The molecular weight excluding hydrogens is 348 g/mol. The summed E-state index contributed by atoms with van der Waals surface area (Å²) in [7, 11) is -3.93. The third-order valence-electron chi connectivity index (χ3n) is 3.59. The largest absolute Gasteiger partial charge is 0.443 e. The lowest BCUT2D eigenvalue weighted by Crippen LogP contribution is -2.47. The Morgan fingerprint density at radius 3 is 2.20 bits per heavy atom. The second-order valence-electron chi connectivity index (χ2n) is 4.59. The van der Waals surface area contributed by atoms with Gasteiger partial charge in [-0.25, -0.2) is 13.6 Å². The number of hydrogen-bond donors (Lipinski definition) is 2. The molecule has 3 N–H and O–H groups in total. The molecular formula is C12H19BrN2O4S. The van der Waals surface area contributed by atoms with Gasteiger partial charge in [-0.05, 0) is 35.2 Å². The summed E-state index contributed by atoms with van der Waals surface area (Å²) in [6.45, 7) is 5.96. The fourth-order valence-corrected chi connectivity index (χ4v) is 3.48. The zero-order valence-electron chi connectivity index (χ0n) is 11.7. The molecule has 0 aliphatic rings. The highest BCUT2D eigenvalue weighted by Gasteiger charge is 2.29. The first-order chi connectivity index (χ1) is 9.19. The maximum atomic E-state index is 12.2. The van der Waals surface area contributed by atoms with Gasteiger partial charge in [0.1, 0.15) is 4.90 Å². The minimum Gasteiger partial charge on any atom is -0.443 e. The van der Waals surface area contributed by atoms with E-state index in [4.69, 9.17) is 9.56 Å². The Bertz CT molecular complexity index is 582. The van der Waals surface area contributed by atoms with Crippen molar-refractivity contribution in [2.24, 2.45) is 5.14 Å². The van der Waals surface area contributed by atoms with E-state index in [1.807, 2.05) is 20.8 Å². The van der Waals surface area contributed by atoms with Gasteiger partial charge in [-0.1, -0.05) is 20.8 Å². The van der Waals surface area contributed by atoms with Crippen LogP contribution in [-0.4, -0.2) is 19.9 Å². The second kappa shape index (κ2) is 6.28. The number of carbonyl (C=O) groups is 1. The molecule has 114 valence electrons. The summed E-state index contributed by atoms with van der Waals surface area (Å²) >= 11 is 2.95. The Balaban J connectivity index is 3.06. The maximum Gasteiger partial charge on any atom is 0.287 e. The van der Waals surface area contributed by atoms with Gasteiger partial charge < -0.3 is 9.73 Å². The van der Waals surface area contributed by atoms with Gasteiger partial charge in [-0.3, -0.25) is 4.79 Å². The van der Waals surface area contributed by atoms with E-state index in [0.717, 1.165) is 25.3 Å². The first-order valence-electron chi connectivity index (χ1n) is 6.33. The summed E-state index contributed by atoms with van der Waals surface area (Å²) in [6, 6.07) is 1.13. The number of sulfonamides is 1. The van der Waals surface area contributed by atoms with Gasteiger partial charge in [-0.2, -0.15) is 0 Å². The number of primary sulfonamides is 1. The van der Waals surface area contributed by atoms with Crippen molar-refractivity contribution in [1.29, 1.82) is 0 Å². The molecule has 0 fully saturated rings. The summed E-state index contributed by atoms with van der Waals surface area (Å²) in [5.41, 5.74) is -0.321. The van der Waals surface area contributed by atoms with Crippen LogP contribution in [0.3, 0.4) is 0 Å². The fraction of sp³-hybridized carbons (Fsp3) is 0.583. The molecule has 0 saturated carbocycles. The maximum absolute atomic E-state index is 12.2. The van der Waals surface area contributed by atoms with Crippen LogP contribution in [-0.2, 0) is 10.0 Å². The van der Waals surface area contributed by atoms with Crippen molar-refractivity contribution in [2.75, 3.05) is 0 Å². The molecule has 8 heteroatoms. The van der Waals surface area contributed by atoms with Crippen molar-refractivity contribution in [3.8, 4) is 0 Å². The lowest BCUT2D eigenvalue weighted by molar-refractivity contribution is 0.0858. The van der Waals surface area contributed by atoms with E-state index in [0.29, 0.717) is 0 Å². The average molecular weight is 367 g/mol. The molecule has 20 heavy (non-hydrogen) atoms.